The Bertz CT molecular complexity index is 395. The van der Waals surface area contributed by atoms with Crippen LogP contribution in [0.2, 0.25) is 0 Å². The number of hydrogen-bond acceptors (Lipinski definition) is 0. The van der Waals surface area contributed by atoms with E-state index in [2.05, 4.69) is 0 Å². The van der Waals surface area contributed by atoms with Gasteiger partial charge in [0.25, 0.3) is 0 Å². The average molecular weight is 217 g/mol. The maximum Gasteiger partial charge on any atom is 0.518 e. The number of halogens is 3. The van der Waals surface area contributed by atoms with Gasteiger partial charge in [-0.3, -0.25) is 0 Å². The van der Waals surface area contributed by atoms with E-state index < -0.39 is 13.2 Å². The first kappa shape index (κ1) is 9.72. The summed E-state index contributed by atoms with van der Waals surface area (Å²) in [5.41, 5.74) is 0.709. The van der Waals surface area contributed by atoms with E-state index in [0.717, 1.165) is 0 Å². The molecule has 74 valence electrons. The fourth-order valence-corrected chi connectivity index (χ4v) is 3.72. The van der Waals surface area contributed by atoms with Gasteiger partial charge in [0.1, 0.15) is 5.30 Å². The first-order chi connectivity index (χ1) is 6.45. The molecule has 1 aliphatic rings. The van der Waals surface area contributed by atoms with Crippen LogP contribution in [0.1, 0.15) is 5.56 Å². The SMILES string of the molecule is C[P+]1(C(F)(F)F)C=Cc2ccccc21. The van der Waals surface area contributed by atoms with E-state index in [4.69, 9.17) is 0 Å². The van der Waals surface area contributed by atoms with Crippen LogP contribution < -0.4 is 5.30 Å². The molecule has 0 radical (unpaired) electrons. The molecule has 0 N–H and O–H groups in total. The van der Waals surface area contributed by atoms with Crippen LogP contribution in [0, 0.1) is 0 Å². The Morgan fingerprint density at radius 3 is 2.43 bits per heavy atom. The molecule has 0 saturated heterocycles. The van der Waals surface area contributed by atoms with Crippen molar-refractivity contribution in [3.8, 4) is 0 Å². The fraction of sp³-hybridized carbons (Fsp3) is 0.200. The van der Waals surface area contributed by atoms with Crippen molar-refractivity contribution in [3.63, 3.8) is 0 Å². The lowest BCUT2D eigenvalue weighted by atomic mass is 10.2. The molecule has 0 aliphatic carbocycles. The molecule has 1 aromatic rings. The lowest BCUT2D eigenvalue weighted by molar-refractivity contribution is -0.0408. The smallest absolute Gasteiger partial charge is 0.134 e. The molecule has 0 amide bonds. The van der Waals surface area contributed by atoms with Crippen LogP contribution in [-0.2, 0) is 0 Å². The molecule has 1 aromatic carbocycles. The Morgan fingerprint density at radius 1 is 1.14 bits per heavy atom. The van der Waals surface area contributed by atoms with Gasteiger partial charge in [-0.1, -0.05) is 18.2 Å². The quantitative estimate of drug-likeness (QED) is 0.584. The summed E-state index contributed by atoms with van der Waals surface area (Å²) in [4.78, 5) is 0. The Balaban J connectivity index is 2.59. The van der Waals surface area contributed by atoms with E-state index >= 15 is 0 Å². The molecule has 0 fully saturated rings. The standard InChI is InChI=1S/C10H9F3P/c1-14(10(11,12)13)7-6-8-4-2-3-5-9(8)14/h2-7H,1H3/q+1. The predicted octanol–water partition coefficient (Wildman–Crippen LogP) is 3.46. The second-order valence-electron chi connectivity index (χ2n) is 3.42. The van der Waals surface area contributed by atoms with Crippen molar-refractivity contribution in [1.29, 1.82) is 0 Å². The van der Waals surface area contributed by atoms with Gasteiger partial charge < -0.3 is 0 Å². The van der Waals surface area contributed by atoms with Gasteiger partial charge in [0, 0.05) is 5.56 Å². The molecule has 1 heterocycles. The topological polar surface area (TPSA) is 0 Å². The summed E-state index contributed by atoms with van der Waals surface area (Å²) >= 11 is 0. The third-order valence-electron chi connectivity index (χ3n) is 2.52. The number of hydrogen-bond donors (Lipinski definition) is 0. The molecule has 1 aliphatic heterocycles. The fourth-order valence-electron chi connectivity index (χ4n) is 1.58. The van der Waals surface area contributed by atoms with Gasteiger partial charge in [-0.05, 0) is 12.1 Å². The average Bonchev–Trinajstić information content (AvgIpc) is 2.45. The highest BCUT2D eigenvalue weighted by Crippen LogP contribution is 2.71. The summed E-state index contributed by atoms with van der Waals surface area (Å²) in [7, 11) is -3.07. The minimum absolute atomic E-state index is 0.451. The molecule has 2 rings (SSSR count). The summed E-state index contributed by atoms with van der Waals surface area (Å²) in [6, 6.07) is 6.73. The molecule has 1 atom stereocenters. The summed E-state index contributed by atoms with van der Waals surface area (Å²) in [5, 5.41) is 0.451. The maximum atomic E-state index is 12.8. The molecule has 0 saturated carbocycles. The van der Waals surface area contributed by atoms with E-state index in [9.17, 15) is 13.2 Å². The van der Waals surface area contributed by atoms with Gasteiger partial charge in [0.05, 0.1) is 12.5 Å². The summed E-state index contributed by atoms with van der Waals surface area (Å²) in [6.07, 6.45) is 1.58. The van der Waals surface area contributed by atoms with E-state index in [1.165, 1.54) is 12.5 Å². The van der Waals surface area contributed by atoms with Crippen molar-refractivity contribution in [2.75, 3.05) is 6.66 Å². The lowest BCUT2D eigenvalue weighted by Crippen LogP contribution is -2.21. The van der Waals surface area contributed by atoms with Crippen LogP contribution in [0.25, 0.3) is 6.08 Å². The third kappa shape index (κ3) is 1.19. The van der Waals surface area contributed by atoms with Crippen molar-refractivity contribution in [3.05, 3.63) is 35.6 Å². The first-order valence-electron chi connectivity index (χ1n) is 4.17. The molecule has 14 heavy (non-hydrogen) atoms. The molecule has 0 spiro atoms. The molecule has 0 nitrogen and oxygen atoms in total. The highest BCUT2D eigenvalue weighted by molar-refractivity contribution is 7.86. The molecular weight excluding hydrogens is 208 g/mol. The van der Waals surface area contributed by atoms with Gasteiger partial charge >= 0.3 is 5.92 Å². The second kappa shape index (κ2) is 2.83. The highest BCUT2D eigenvalue weighted by Gasteiger charge is 2.61. The van der Waals surface area contributed by atoms with Crippen molar-refractivity contribution in [2.45, 2.75) is 5.92 Å². The highest BCUT2D eigenvalue weighted by atomic mass is 31.2. The van der Waals surface area contributed by atoms with Crippen molar-refractivity contribution in [2.24, 2.45) is 0 Å². The van der Waals surface area contributed by atoms with E-state index in [-0.39, 0.29) is 0 Å². The normalized spacial score (nSPS) is 25.1. The lowest BCUT2D eigenvalue weighted by Gasteiger charge is -2.18. The predicted molar refractivity (Wildman–Crippen MR) is 54.0 cm³/mol. The Kier molecular flexibility index (Phi) is 1.97. The molecule has 1 unspecified atom stereocenters. The van der Waals surface area contributed by atoms with Crippen molar-refractivity contribution >= 4 is 18.6 Å². The van der Waals surface area contributed by atoms with Gasteiger partial charge in [-0.2, -0.15) is 0 Å². The van der Waals surface area contributed by atoms with Gasteiger partial charge in [0.2, 0.25) is 0 Å². The van der Waals surface area contributed by atoms with Crippen LogP contribution in [-0.4, -0.2) is 12.6 Å². The Labute approximate surface area is 80.8 Å². The maximum absolute atomic E-state index is 12.8. The summed E-state index contributed by atoms with van der Waals surface area (Å²) in [5.74, 6) is -2.78. The van der Waals surface area contributed by atoms with Crippen LogP contribution >= 0.6 is 7.26 Å². The summed E-state index contributed by atoms with van der Waals surface area (Å²) in [6.45, 7) is 1.31. The largest absolute Gasteiger partial charge is 0.518 e. The van der Waals surface area contributed by atoms with E-state index in [1.54, 1.807) is 30.3 Å². The van der Waals surface area contributed by atoms with Crippen molar-refractivity contribution in [1.82, 2.24) is 0 Å². The van der Waals surface area contributed by atoms with Crippen molar-refractivity contribution < 1.29 is 13.2 Å². The zero-order valence-electron chi connectivity index (χ0n) is 7.55. The number of rotatable bonds is 0. The Morgan fingerprint density at radius 2 is 1.79 bits per heavy atom. The van der Waals surface area contributed by atoms with Crippen LogP contribution in [0.4, 0.5) is 13.2 Å². The molecule has 0 aromatic heterocycles. The van der Waals surface area contributed by atoms with Crippen LogP contribution in [0.5, 0.6) is 0 Å². The zero-order valence-corrected chi connectivity index (χ0v) is 8.44. The summed E-state index contributed by atoms with van der Waals surface area (Å²) < 4.78 is 38.5. The molecular formula is C10H9F3P+. The number of fused-ring (bicyclic) bond motifs is 1. The zero-order chi connectivity index (χ0) is 10.4. The monoisotopic (exact) mass is 217 g/mol. The van der Waals surface area contributed by atoms with Gasteiger partial charge in [-0.15, -0.1) is 13.2 Å². The van der Waals surface area contributed by atoms with Crippen LogP contribution in [0.15, 0.2) is 30.1 Å². The molecule has 0 bridgehead atoms. The van der Waals surface area contributed by atoms with E-state index in [1.807, 2.05) is 0 Å². The Hall–Kier alpha value is -0.820. The number of benzene rings is 1. The van der Waals surface area contributed by atoms with E-state index in [0.29, 0.717) is 10.9 Å². The minimum Gasteiger partial charge on any atom is -0.134 e. The van der Waals surface area contributed by atoms with Crippen LogP contribution in [0.3, 0.4) is 0 Å². The third-order valence-corrected chi connectivity index (χ3v) is 5.72. The number of alkyl halides is 3. The second-order valence-corrected chi connectivity index (χ2v) is 6.86. The molecule has 4 heteroatoms. The van der Waals surface area contributed by atoms with Gasteiger partial charge in [-0.25, -0.2) is 0 Å². The first-order valence-corrected chi connectivity index (χ1v) is 6.47. The van der Waals surface area contributed by atoms with Gasteiger partial charge in [0.15, 0.2) is 7.26 Å². The minimum atomic E-state index is -4.11.